The van der Waals surface area contributed by atoms with Crippen molar-refractivity contribution >= 4 is 27.5 Å². The summed E-state index contributed by atoms with van der Waals surface area (Å²) in [6.07, 6.45) is -0.657. The third-order valence-corrected chi connectivity index (χ3v) is 5.23. The van der Waals surface area contributed by atoms with E-state index in [4.69, 9.17) is 20.8 Å². The molecule has 1 unspecified atom stereocenters. The van der Waals surface area contributed by atoms with Crippen LogP contribution in [0.3, 0.4) is 0 Å². The third kappa shape index (κ3) is 6.20. The maximum atomic E-state index is 12.6. The van der Waals surface area contributed by atoms with Crippen LogP contribution in [0, 0.1) is 5.92 Å². The fourth-order valence-electron chi connectivity index (χ4n) is 2.28. The Kier molecular flexibility index (Phi) is 6.71. The van der Waals surface area contributed by atoms with Gasteiger partial charge in [0.05, 0.1) is 5.75 Å². The van der Waals surface area contributed by atoms with Crippen molar-refractivity contribution in [1.82, 2.24) is 15.5 Å². The lowest BCUT2D eigenvalue weighted by molar-refractivity contribution is 0.0477. The topological polar surface area (TPSA) is 111 Å². The zero-order valence-corrected chi connectivity index (χ0v) is 18.0. The van der Waals surface area contributed by atoms with Crippen LogP contribution < -0.4 is 5.32 Å². The molecule has 2 rings (SSSR count). The summed E-state index contributed by atoms with van der Waals surface area (Å²) >= 11 is 5.81. The highest BCUT2D eigenvalue weighted by Crippen LogP contribution is 2.24. The van der Waals surface area contributed by atoms with Gasteiger partial charge in [-0.2, -0.15) is 0 Å². The number of nitrogens with zero attached hydrogens (tertiary/aromatic N) is 2. The van der Waals surface area contributed by atoms with Gasteiger partial charge >= 0.3 is 11.3 Å². The van der Waals surface area contributed by atoms with Gasteiger partial charge in [-0.15, -0.1) is 5.10 Å². The first-order chi connectivity index (χ1) is 12.9. The molecule has 1 aromatic carbocycles. The Morgan fingerprint density at radius 1 is 1.21 bits per heavy atom. The lowest BCUT2D eigenvalue weighted by atomic mass is 10.1. The van der Waals surface area contributed by atoms with Crippen LogP contribution in [0.1, 0.15) is 52.1 Å². The Hall–Kier alpha value is -2.13. The van der Waals surface area contributed by atoms with E-state index < -0.39 is 32.8 Å². The molecule has 1 heterocycles. The Morgan fingerprint density at radius 2 is 1.82 bits per heavy atom. The molecule has 0 aliphatic carbocycles. The SMILES string of the molecule is CC(C)C(NC(=O)OC(C)(C)C)c1nnc(S(=O)(=O)Cc2ccc(Cl)cc2)o1. The van der Waals surface area contributed by atoms with Crippen LogP contribution in [0.5, 0.6) is 0 Å². The first kappa shape index (κ1) is 22.2. The molecule has 0 fully saturated rings. The van der Waals surface area contributed by atoms with Gasteiger partial charge in [-0.05, 0) is 44.4 Å². The predicted molar refractivity (Wildman–Crippen MR) is 104 cm³/mol. The minimum Gasteiger partial charge on any atom is -0.444 e. The molecule has 1 N–H and O–H groups in total. The monoisotopic (exact) mass is 429 g/mol. The number of hydrogen-bond acceptors (Lipinski definition) is 7. The van der Waals surface area contributed by atoms with Crippen LogP contribution >= 0.6 is 11.6 Å². The van der Waals surface area contributed by atoms with E-state index in [1.165, 1.54) is 0 Å². The van der Waals surface area contributed by atoms with Crippen molar-refractivity contribution in [2.24, 2.45) is 5.92 Å². The Balaban J connectivity index is 2.19. The summed E-state index contributed by atoms with van der Waals surface area (Å²) in [6, 6.07) is 5.73. The van der Waals surface area contributed by atoms with Crippen molar-refractivity contribution in [2.45, 2.75) is 57.2 Å². The van der Waals surface area contributed by atoms with Crippen LogP contribution in [-0.4, -0.2) is 30.3 Å². The number of hydrogen-bond donors (Lipinski definition) is 1. The van der Waals surface area contributed by atoms with E-state index >= 15 is 0 Å². The summed E-state index contributed by atoms with van der Waals surface area (Å²) in [5, 5.41) is 10.1. The lowest BCUT2D eigenvalue weighted by Gasteiger charge is -2.23. The maximum Gasteiger partial charge on any atom is 0.408 e. The van der Waals surface area contributed by atoms with Gasteiger partial charge in [0.2, 0.25) is 15.7 Å². The summed E-state index contributed by atoms with van der Waals surface area (Å²) in [4.78, 5) is 12.1. The molecular weight excluding hydrogens is 406 g/mol. The zero-order valence-electron chi connectivity index (χ0n) is 16.4. The van der Waals surface area contributed by atoms with Crippen LogP contribution in [0.4, 0.5) is 4.79 Å². The summed E-state index contributed by atoms with van der Waals surface area (Å²) in [5.74, 6) is -0.451. The number of aromatic nitrogens is 2. The van der Waals surface area contributed by atoms with Crippen molar-refractivity contribution in [3.63, 3.8) is 0 Å². The van der Waals surface area contributed by atoms with E-state index in [2.05, 4.69) is 15.5 Å². The second-order valence-corrected chi connectivity index (χ2v) is 9.96. The first-order valence-corrected chi connectivity index (χ1v) is 10.7. The number of ether oxygens (including phenoxy) is 1. The van der Waals surface area contributed by atoms with Crippen molar-refractivity contribution in [3.8, 4) is 0 Å². The highest BCUT2D eigenvalue weighted by Gasteiger charge is 2.30. The number of benzene rings is 1. The van der Waals surface area contributed by atoms with Gasteiger partial charge in [0.25, 0.3) is 0 Å². The summed E-state index contributed by atoms with van der Waals surface area (Å²) in [5.41, 5.74) is -0.135. The molecule has 2 aromatic rings. The van der Waals surface area contributed by atoms with Gasteiger partial charge in [0.1, 0.15) is 11.6 Å². The molecule has 0 saturated carbocycles. The molecule has 1 atom stereocenters. The smallest absolute Gasteiger partial charge is 0.408 e. The Labute approximate surface area is 169 Å². The molecule has 0 aliphatic rings. The van der Waals surface area contributed by atoms with Crippen molar-refractivity contribution in [1.29, 1.82) is 0 Å². The molecule has 0 radical (unpaired) electrons. The molecular formula is C18H24ClN3O5S. The molecule has 154 valence electrons. The van der Waals surface area contributed by atoms with Crippen molar-refractivity contribution in [3.05, 3.63) is 40.7 Å². The molecule has 0 saturated heterocycles. The van der Waals surface area contributed by atoms with Crippen LogP contribution in [0.15, 0.2) is 33.9 Å². The minimum atomic E-state index is -3.85. The largest absolute Gasteiger partial charge is 0.444 e. The van der Waals surface area contributed by atoms with Gasteiger partial charge < -0.3 is 14.5 Å². The van der Waals surface area contributed by atoms with E-state index in [9.17, 15) is 13.2 Å². The zero-order chi connectivity index (χ0) is 21.1. The number of carbonyl (C=O) groups is 1. The number of rotatable bonds is 6. The average Bonchev–Trinajstić information content (AvgIpc) is 3.03. The molecule has 1 amide bonds. The van der Waals surface area contributed by atoms with Crippen LogP contribution in [0.2, 0.25) is 5.02 Å². The quantitative estimate of drug-likeness (QED) is 0.740. The highest BCUT2D eigenvalue weighted by atomic mass is 35.5. The first-order valence-electron chi connectivity index (χ1n) is 8.67. The van der Waals surface area contributed by atoms with E-state index in [0.29, 0.717) is 10.6 Å². The van der Waals surface area contributed by atoms with Gasteiger partial charge in [0, 0.05) is 5.02 Å². The molecule has 0 aliphatic heterocycles. The molecule has 0 bridgehead atoms. The number of amides is 1. The van der Waals surface area contributed by atoms with Crippen LogP contribution in [-0.2, 0) is 20.3 Å². The molecule has 10 heteroatoms. The Bertz CT molecular complexity index is 917. The predicted octanol–water partition coefficient (Wildman–Crippen LogP) is 3.92. The second-order valence-electron chi connectivity index (χ2n) is 7.66. The average molecular weight is 430 g/mol. The van der Waals surface area contributed by atoms with Crippen molar-refractivity contribution in [2.75, 3.05) is 0 Å². The Morgan fingerprint density at radius 3 is 2.36 bits per heavy atom. The lowest BCUT2D eigenvalue weighted by Crippen LogP contribution is -2.37. The maximum absolute atomic E-state index is 12.6. The minimum absolute atomic E-state index is 0.00413. The standard InChI is InChI=1S/C18H24ClN3O5S/c1-11(2)14(20-16(23)27-18(3,4)5)15-21-22-17(26-15)28(24,25)10-12-6-8-13(19)9-7-12/h6-9,11,14H,10H2,1-5H3,(H,20,23). The number of alkyl carbamates (subject to hydrolysis) is 1. The van der Waals surface area contributed by atoms with Gasteiger partial charge in [-0.25, -0.2) is 13.2 Å². The highest BCUT2D eigenvalue weighted by molar-refractivity contribution is 7.90. The molecule has 8 nitrogen and oxygen atoms in total. The number of nitrogens with one attached hydrogen (secondary N) is 1. The number of halogens is 1. The number of carbonyl (C=O) groups excluding carboxylic acids is 1. The van der Waals surface area contributed by atoms with E-state index in [1.807, 2.05) is 13.8 Å². The number of sulfone groups is 1. The van der Waals surface area contributed by atoms with Crippen LogP contribution in [0.25, 0.3) is 0 Å². The van der Waals surface area contributed by atoms with Gasteiger partial charge in [-0.1, -0.05) is 42.7 Å². The van der Waals surface area contributed by atoms with E-state index in [1.54, 1.807) is 45.0 Å². The van der Waals surface area contributed by atoms with Gasteiger partial charge in [-0.3, -0.25) is 0 Å². The van der Waals surface area contributed by atoms with E-state index in [-0.39, 0.29) is 17.6 Å². The summed E-state index contributed by atoms with van der Waals surface area (Å²) in [7, 11) is -3.85. The fourth-order valence-corrected chi connectivity index (χ4v) is 3.54. The van der Waals surface area contributed by atoms with Crippen molar-refractivity contribution < 1.29 is 22.4 Å². The molecule has 1 aromatic heterocycles. The third-order valence-electron chi connectivity index (χ3n) is 3.56. The molecule has 28 heavy (non-hydrogen) atoms. The second kappa shape index (κ2) is 8.48. The summed E-state index contributed by atoms with van der Waals surface area (Å²) < 4.78 is 35.7. The fraction of sp³-hybridized carbons (Fsp3) is 0.500. The summed E-state index contributed by atoms with van der Waals surface area (Å²) in [6.45, 7) is 8.88. The normalized spacial score (nSPS) is 13.4. The van der Waals surface area contributed by atoms with Gasteiger partial charge in [0.15, 0.2) is 0 Å². The van der Waals surface area contributed by atoms with E-state index in [0.717, 1.165) is 0 Å². The molecule has 0 spiro atoms.